The molecule has 2 heterocycles. The minimum Gasteiger partial charge on any atom is -0.302 e. The maximum absolute atomic E-state index is 13.2. The van der Waals surface area contributed by atoms with Crippen molar-refractivity contribution in [2.24, 2.45) is 0 Å². The number of hydrogen-bond donors (Lipinski definition) is 0. The molecule has 0 fully saturated rings. The van der Waals surface area contributed by atoms with E-state index in [2.05, 4.69) is 4.98 Å². The average Bonchev–Trinajstić information content (AvgIpc) is 3.07. The lowest BCUT2D eigenvalue weighted by Crippen LogP contribution is -2.21. The van der Waals surface area contributed by atoms with Crippen molar-refractivity contribution in [3.63, 3.8) is 0 Å². The molecule has 146 valence electrons. The Balaban J connectivity index is 1.98. The zero-order chi connectivity index (χ0) is 20.7. The summed E-state index contributed by atoms with van der Waals surface area (Å²) >= 11 is 12.0. The van der Waals surface area contributed by atoms with Crippen LogP contribution in [0, 0.1) is 0 Å². The first-order valence-electron chi connectivity index (χ1n) is 8.92. The van der Waals surface area contributed by atoms with Crippen LogP contribution in [0.15, 0.2) is 54.9 Å². The van der Waals surface area contributed by atoms with Crippen molar-refractivity contribution >= 4 is 51.2 Å². The van der Waals surface area contributed by atoms with Gasteiger partial charge in [-0.25, -0.2) is 4.98 Å². The fourth-order valence-electron chi connectivity index (χ4n) is 3.36. The Bertz CT molecular complexity index is 1260. The second-order valence-corrected chi connectivity index (χ2v) is 7.94. The lowest BCUT2D eigenvalue weighted by Gasteiger charge is -2.09. The second-order valence-electron chi connectivity index (χ2n) is 7.06. The Morgan fingerprint density at radius 2 is 1.69 bits per heavy atom. The Morgan fingerprint density at radius 3 is 2.38 bits per heavy atom. The number of benzene rings is 2. The number of ketones is 2. The number of rotatable bonds is 5. The third kappa shape index (κ3) is 3.65. The highest BCUT2D eigenvalue weighted by Crippen LogP contribution is 2.28. The van der Waals surface area contributed by atoms with E-state index >= 15 is 0 Å². The topological polar surface area (TPSA) is 54.7 Å². The normalized spacial score (nSPS) is 11.5. The minimum atomic E-state index is -0.212. The monoisotopic (exact) mass is 425 g/mol. The molecule has 0 N–H and O–H groups in total. The molecule has 29 heavy (non-hydrogen) atoms. The Labute approximate surface area is 177 Å². The first-order chi connectivity index (χ1) is 13.8. The zero-order valence-corrected chi connectivity index (χ0v) is 17.3. The van der Waals surface area contributed by atoms with Crippen molar-refractivity contribution in [2.75, 3.05) is 20.6 Å². The molecule has 0 unspecified atom stereocenters. The van der Waals surface area contributed by atoms with Gasteiger partial charge in [-0.1, -0.05) is 23.2 Å². The molecule has 0 atom stereocenters. The zero-order valence-electron chi connectivity index (χ0n) is 15.8. The largest absolute Gasteiger partial charge is 0.302 e. The van der Waals surface area contributed by atoms with Crippen molar-refractivity contribution in [2.45, 2.75) is 0 Å². The van der Waals surface area contributed by atoms with Crippen LogP contribution < -0.4 is 0 Å². The summed E-state index contributed by atoms with van der Waals surface area (Å²) in [6.07, 6.45) is 1.56. The maximum atomic E-state index is 13.2. The van der Waals surface area contributed by atoms with Gasteiger partial charge in [0.1, 0.15) is 6.33 Å². The van der Waals surface area contributed by atoms with Gasteiger partial charge in [-0.15, -0.1) is 0 Å². The number of fused-ring (bicyclic) bond motifs is 3. The van der Waals surface area contributed by atoms with Crippen LogP contribution in [-0.4, -0.2) is 46.5 Å². The van der Waals surface area contributed by atoms with Crippen molar-refractivity contribution in [3.05, 3.63) is 81.7 Å². The van der Waals surface area contributed by atoms with Gasteiger partial charge >= 0.3 is 0 Å². The summed E-state index contributed by atoms with van der Waals surface area (Å²) in [5, 5.41) is 1.86. The Kier molecular flexibility index (Phi) is 5.13. The van der Waals surface area contributed by atoms with Crippen LogP contribution in [-0.2, 0) is 0 Å². The van der Waals surface area contributed by atoms with Gasteiger partial charge in [0.25, 0.3) is 0 Å². The van der Waals surface area contributed by atoms with Gasteiger partial charge in [0.15, 0.2) is 5.78 Å². The second kappa shape index (κ2) is 7.59. The highest BCUT2D eigenvalue weighted by molar-refractivity contribution is 6.31. The third-order valence-electron chi connectivity index (χ3n) is 4.66. The van der Waals surface area contributed by atoms with Crippen molar-refractivity contribution in [1.29, 1.82) is 0 Å². The molecule has 0 bridgehead atoms. The summed E-state index contributed by atoms with van der Waals surface area (Å²) in [6.45, 7) is 0.228. The lowest BCUT2D eigenvalue weighted by molar-refractivity contribution is 0.0959. The van der Waals surface area contributed by atoms with Gasteiger partial charge in [-0.05, 0) is 62.6 Å². The van der Waals surface area contributed by atoms with Crippen LogP contribution in [0.5, 0.6) is 0 Å². The highest BCUT2D eigenvalue weighted by Gasteiger charge is 2.23. The standard InChI is InChI=1S/C22H17Cl2N3O2/c1-26(2)11-20(28)17-10-19(22(29)13-3-5-14(23)6-4-13)27-12-25-18-9-15(24)7-8-16(18)21(17)27/h3-10,12H,11H2,1-2H3. The highest BCUT2D eigenvalue weighted by atomic mass is 35.5. The molecule has 0 aliphatic heterocycles. The molecule has 2 aromatic heterocycles. The predicted octanol–water partition coefficient (Wildman–Crippen LogP) is 4.77. The molecule has 0 saturated heterocycles. The van der Waals surface area contributed by atoms with Crippen LogP contribution in [0.3, 0.4) is 0 Å². The smallest absolute Gasteiger partial charge is 0.209 e. The molecule has 0 saturated carbocycles. The number of carbonyl (C=O) groups is 2. The van der Waals surface area contributed by atoms with Crippen LogP contribution in [0.4, 0.5) is 0 Å². The number of hydrogen-bond acceptors (Lipinski definition) is 4. The molecule has 2 aromatic carbocycles. The number of likely N-dealkylation sites (N-methyl/N-ethyl adjacent to an activating group) is 1. The number of nitrogens with zero attached hydrogens (tertiary/aromatic N) is 3. The van der Waals surface area contributed by atoms with E-state index in [0.717, 1.165) is 5.39 Å². The fraction of sp³-hybridized carbons (Fsp3) is 0.136. The third-order valence-corrected chi connectivity index (χ3v) is 5.15. The SMILES string of the molecule is CN(C)CC(=O)c1cc(C(=O)c2ccc(Cl)cc2)n2cnc3cc(Cl)ccc3c12. The molecule has 0 radical (unpaired) electrons. The summed E-state index contributed by atoms with van der Waals surface area (Å²) in [5.74, 6) is -0.291. The van der Waals surface area contributed by atoms with Gasteiger partial charge in [-0.2, -0.15) is 0 Å². The van der Waals surface area contributed by atoms with Crippen molar-refractivity contribution in [3.8, 4) is 0 Å². The van der Waals surface area contributed by atoms with E-state index in [1.165, 1.54) is 0 Å². The Morgan fingerprint density at radius 1 is 1.00 bits per heavy atom. The molecule has 0 aliphatic rings. The van der Waals surface area contributed by atoms with Crippen molar-refractivity contribution < 1.29 is 9.59 Å². The molecular weight excluding hydrogens is 409 g/mol. The average molecular weight is 426 g/mol. The molecule has 4 aromatic rings. The van der Waals surface area contributed by atoms with Gasteiger partial charge in [-0.3, -0.25) is 14.0 Å². The fourth-order valence-corrected chi connectivity index (χ4v) is 3.65. The van der Waals surface area contributed by atoms with Gasteiger partial charge in [0, 0.05) is 26.6 Å². The Hall–Kier alpha value is -2.73. The molecule has 0 amide bonds. The molecule has 0 spiro atoms. The summed E-state index contributed by atoms with van der Waals surface area (Å²) < 4.78 is 1.68. The van der Waals surface area contributed by atoms with E-state index in [1.54, 1.807) is 58.1 Å². The molecule has 4 rings (SSSR count). The summed E-state index contributed by atoms with van der Waals surface area (Å²) in [4.78, 5) is 32.4. The summed E-state index contributed by atoms with van der Waals surface area (Å²) in [7, 11) is 3.66. The summed E-state index contributed by atoms with van der Waals surface area (Å²) in [6, 6.07) is 13.6. The molecule has 0 aliphatic carbocycles. The lowest BCUT2D eigenvalue weighted by atomic mass is 10.1. The number of carbonyl (C=O) groups excluding carboxylic acids is 2. The van der Waals surface area contributed by atoms with Gasteiger partial charge < -0.3 is 4.90 Å². The van der Waals surface area contributed by atoms with E-state index in [0.29, 0.717) is 37.9 Å². The van der Waals surface area contributed by atoms with E-state index in [-0.39, 0.29) is 18.1 Å². The van der Waals surface area contributed by atoms with Crippen LogP contribution in [0.25, 0.3) is 16.4 Å². The number of aromatic nitrogens is 2. The van der Waals surface area contributed by atoms with Crippen molar-refractivity contribution in [1.82, 2.24) is 14.3 Å². The van der Waals surface area contributed by atoms with Crippen LogP contribution in [0.1, 0.15) is 26.4 Å². The van der Waals surface area contributed by atoms with Gasteiger partial charge in [0.2, 0.25) is 5.78 Å². The quantitative estimate of drug-likeness (QED) is 0.432. The molecular formula is C22H17Cl2N3O2. The number of halogens is 2. The minimum absolute atomic E-state index is 0.0786. The van der Waals surface area contributed by atoms with Crippen LogP contribution >= 0.6 is 23.2 Å². The first-order valence-corrected chi connectivity index (χ1v) is 9.68. The van der Waals surface area contributed by atoms with Gasteiger partial charge in [0.05, 0.1) is 23.3 Å². The van der Waals surface area contributed by atoms with E-state index in [4.69, 9.17) is 23.2 Å². The molecule has 7 heteroatoms. The van der Waals surface area contributed by atoms with E-state index < -0.39 is 0 Å². The first kappa shape index (κ1) is 19.6. The predicted molar refractivity (Wildman–Crippen MR) is 115 cm³/mol. The van der Waals surface area contributed by atoms with Crippen LogP contribution in [0.2, 0.25) is 10.0 Å². The number of Topliss-reactive ketones (excluding diaryl/α,β-unsaturated/α-hetero) is 1. The maximum Gasteiger partial charge on any atom is 0.209 e. The summed E-state index contributed by atoms with van der Waals surface area (Å²) in [5.41, 5.74) is 2.64. The van der Waals surface area contributed by atoms with E-state index in [9.17, 15) is 9.59 Å². The van der Waals surface area contributed by atoms with E-state index in [1.807, 2.05) is 20.2 Å². The molecule has 5 nitrogen and oxygen atoms in total.